The molecule has 6 heteroatoms. The predicted octanol–water partition coefficient (Wildman–Crippen LogP) is 3.60. The number of nitro benzene ring substituents is 1. The summed E-state index contributed by atoms with van der Waals surface area (Å²) >= 11 is 0. The SMILES string of the molecule is CCc1ccccc1N[C@@H](C)C(=O)Nc1cccc([N+](=O)[O-])c1. The molecule has 0 aliphatic rings. The molecule has 120 valence electrons. The number of aryl methyl sites for hydroxylation is 1. The maximum atomic E-state index is 12.3. The first-order chi connectivity index (χ1) is 11.0. The third kappa shape index (κ3) is 4.29. The van der Waals surface area contributed by atoms with Crippen LogP contribution in [0, 0.1) is 10.1 Å². The third-order valence-electron chi connectivity index (χ3n) is 3.49. The highest BCUT2D eigenvalue weighted by Crippen LogP contribution is 2.19. The lowest BCUT2D eigenvalue weighted by molar-refractivity contribution is -0.384. The van der Waals surface area contributed by atoms with Gasteiger partial charge in [-0.05, 0) is 31.0 Å². The molecule has 2 aromatic rings. The smallest absolute Gasteiger partial charge is 0.271 e. The van der Waals surface area contributed by atoms with Gasteiger partial charge in [0.2, 0.25) is 5.91 Å². The molecule has 23 heavy (non-hydrogen) atoms. The summed E-state index contributed by atoms with van der Waals surface area (Å²) in [6, 6.07) is 13.2. The molecule has 0 aliphatic carbocycles. The van der Waals surface area contributed by atoms with Gasteiger partial charge in [-0.1, -0.05) is 31.2 Å². The molecule has 0 bridgehead atoms. The summed E-state index contributed by atoms with van der Waals surface area (Å²) in [4.78, 5) is 22.5. The van der Waals surface area contributed by atoms with E-state index in [-0.39, 0.29) is 11.6 Å². The maximum absolute atomic E-state index is 12.3. The summed E-state index contributed by atoms with van der Waals surface area (Å²) in [5.41, 5.74) is 2.39. The summed E-state index contributed by atoms with van der Waals surface area (Å²) < 4.78 is 0. The topological polar surface area (TPSA) is 84.3 Å². The van der Waals surface area contributed by atoms with Gasteiger partial charge in [0.05, 0.1) is 4.92 Å². The normalized spacial score (nSPS) is 11.6. The first-order valence-electron chi connectivity index (χ1n) is 7.41. The monoisotopic (exact) mass is 313 g/mol. The molecule has 0 unspecified atom stereocenters. The Kier molecular flexibility index (Phi) is 5.30. The van der Waals surface area contributed by atoms with E-state index in [4.69, 9.17) is 0 Å². The van der Waals surface area contributed by atoms with Crippen molar-refractivity contribution in [3.63, 3.8) is 0 Å². The van der Waals surface area contributed by atoms with Crippen LogP contribution >= 0.6 is 0 Å². The van der Waals surface area contributed by atoms with Gasteiger partial charge in [0.1, 0.15) is 6.04 Å². The standard InChI is InChI=1S/C17H19N3O3/c1-3-13-7-4-5-10-16(13)18-12(2)17(21)19-14-8-6-9-15(11-14)20(22)23/h4-12,18H,3H2,1-2H3,(H,19,21)/t12-/m0/s1. The van der Waals surface area contributed by atoms with Crippen molar-refractivity contribution in [3.05, 3.63) is 64.2 Å². The summed E-state index contributed by atoms with van der Waals surface area (Å²) in [7, 11) is 0. The van der Waals surface area contributed by atoms with Crippen molar-refractivity contribution in [2.24, 2.45) is 0 Å². The number of amides is 1. The van der Waals surface area contributed by atoms with Crippen LogP contribution in [-0.2, 0) is 11.2 Å². The van der Waals surface area contributed by atoms with Crippen molar-refractivity contribution in [2.45, 2.75) is 26.3 Å². The highest BCUT2D eigenvalue weighted by molar-refractivity contribution is 5.96. The number of para-hydroxylation sites is 1. The van der Waals surface area contributed by atoms with Gasteiger partial charge in [0, 0.05) is 23.5 Å². The molecule has 0 spiro atoms. The summed E-state index contributed by atoms with van der Waals surface area (Å²) in [5.74, 6) is -0.253. The molecular weight excluding hydrogens is 294 g/mol. The average molecular weight is 313 g/mol. The van der Waals surface area contributed by atoms with Crippen LogP contribution in [0.25, 0.3) is 0 Å². The van der Waals surface area contributed by atoms with Crippen LogP contribution in [0.15, 0.2) is 48.5 Å². The lowest BCUT2D eigenvalue weighted by Crippen LogP contribution is -2.32. The average Bonchev–Trinajstić information content (AvgIpc) is 2.55. The summed E-state index contributed by atoms with van der Waals surface area (Å²) in [6.07, 6.45) is 0.863. The van der Waals surface area contributed by atoms with Gasteiger partial charge in [0.25, 0.3) is 5.69 Å². The van der Waals surface area contributed by atoms with E-state index < -0.39 is 11.0 Å². The fraction of sp³-hybridized carbons (Fsp3) is 0.235. The zero-order valence-corrected chi connectivity index (χ0v) is 13.1. The zero-order chi connectivity index (χ0) is 16.8. The van der Waals surface area contributed by atoms with Crippen LogP contribution in [0.2, 0.25) is 0 Å². The highest BCUT2D eigenvalue weighted by Gasteiger charge is 2.15. The molecule has 0 saturated heterocycles. The second kappa shape index (κ2) is 7.40. The second-order valence-electron chi connectivity index (χ2n) is 5.17. The van der Waals surface area contributed by atoms with E-state index >= 15 is 0 Å². The molecular formula is C17H19N3O3. The quantitative estimate of drug-likeness (QED) is 0.630. The van der Waals surface area contributed by atoms with Gasteiger partial charge < -0.3 is 10.6 Å². The van der Waals surface area contributed by atoms with Crippen LogP contribution < -0.4 is 10.6 Å². The highest BCUT2D eigenvalue weighted by atomic mass is 16.6. The molecule has 0 heterocycles. The molecule has 0 aliphatic heterocycles. The van der Waals surface area contributed by atoms with Crippen molar-refractivity contribution in [1.82, 2.24) is 0 Å². The first-order valence-corrected chi connectivity index (χ1v) is 7.41. The number of hydrogen-bond donors (Lipinski definition) is 2. The molecule has 6 nitrogen and oxygen atoms in total. The number of benzene rings is 2. The Morgan fingerprint density at radius 3 is 2.65 bits per heavy atom. The molecule has 0 radical (unpaired) electrons. The number of nitrogens with zero attached hydrogens (tertiary/aromatic N) is 1. The Bertz CT molecular complexity index is 716. The fourth-order valence-corrected chi connectivity index (χ4v) is 2.22. The van der Waals surface area contributed by atoms with E-state index in [1.54, 1.807) is 13.0 Å². The minimum Gasteiger partial charge on any atom is -0.374 e. The van der Waals surface area contributed by atoms with E-state index in [1.165, 1.54) is 18.2 Å². The fourth-order valence-electron chi connectivity index (χ4n) is 2.22. The lowest BCUT2D eigenvalue weighted by atomic mass is 10.1. The van der Waals surface area contributed by atoms with E-state index in [1.807, 2.05) is 31.2 Å². The molecule has 1 atom stereocenters. The number of anilines is 2. The Morgan fingerprint density at radius 2 is 1.96 bits per heavy atom. The van der Waals surface area contributed by atoms with Gasteiger partial charge in [-0.15, -0.1) is 0 Å². The summed E-state index contributed by atoms with van der Waals surface area (Å²) in [5, 5.41) is 16.6. The second-order valence-corrected chi connectivity index (χ2v) is 5.17. The van der Waals surface area contributed by atoms with Crippen molar-refractivity contribution in [3.8, 4) is 0 Å². The lowest BCUT2D eigenvalue weighted by Gasteiger charge is -2.17. The van der Waals surface area contributed by atoms with E-state index in [0.29, 0.717) is 5.69 Å². The number of carbonyl (C=O) groups is 1. The van der Waals surface area contributed by atoms with Crippen LogP contribution in [0.4, 0.5) is 17.1 Å². The number of rotatable bonds is 6. The minimum atomic E-state index is -0.491. The molecule has 2 aromatic carbocycles. The Balaban J connectivity index is 2.05. The molecule has 2 rings (SSSR count). The minimum absolute atomic E-state index is 0.0558. The van der Waals surface area contributed by atoms with Crippen molar-refractivity contribution >= 4 is 23.0 Å². The Hall–Kier alpha value is -2.89. The maximum Gasteiger partial charge on any atom is 0.271 e. The number of carbonyl (C=O) groups excluding carboxylic acids is 1. The first kappa shape index (κ1) is 16.5. The van der Waals surface area contributed by atoms with Crippen LogP contribution in [0.1, 0.15) is 19.4 Å². The molecule has 2 N–H and O–H groups in total. The van der Waals surface area contributed by atoms with Gasteiger partial charge in [-0.2, -0.15) is 0 Å². The molecule has 1 amide bonds. The van der Waals surface area contributed by atoms with Gasteiger partial charge in [-0.25, -0.2) is 0 Å². The van der Waals surface area contributed by atoms with Crippen molar-refractivity contribution in [2.75, 3.05) is 10.6 Å². The molecule has 0 aromatic heterocycles. The molecule has 0 fully saturated rings. The van der Waals surface area contributed by atoms with Gasteiger partial charge in [0.15, 0.2) is 0 Å². The van der Waals surface area contributed by atoms with Crippen molar-refractivity contribution < 1.29 is 9.72 Å². The van der Waals surface area contributed by atoms with E-state index in [2.05, 4.69) is 10.6 Å². The summed E-state index contributed by atoms with van der Waals surface area (Å²) in [6.45, 7) is 3.80. The third-order valence-corrected chi connectivity index (χ3v) is 3.49. The number of non-ortho nitro benzene ring substituents is 1. The van der Waals surface area contributed by atoms with Gasteiger partial charge in [-0.3, -0.25) is 14.9 Å². The van der Waals surface area contributed by atoms with Crippen LogP contribution in [0.3, 0.4) is 0 Å². The number of nitrogens with one attached hydrogen (secondary N) is 2. The predicted molar refractivity (Wildman–Crippen MR) is 90.6 cm³/mol. The van der Waals surface area contributed by atoms with Crippen molar-refractivity contribution in [1.29, 1.82) is 0 Å². The largest absolute Gasteiger partial charge is 0.374 e. The van der Waals surface area contributed by atoms with Gasteiger partial charge >= 0.3 is 0 Å². The number of hydrogen-bond acceptors (Lipinski definition) is 4. The molecule has 0 saturated carbocycles. The number of nitro groups is 1. The zero-order valence-electron chi connectivity index (χ0n) is 13.1. The van der Waals surface area contributed by atoms with E-state index in [0.717, 1.165) is 17.7 Å². The Morgan fingerprint density at radius 1 is 1.22 bits per heavy atom. The van der Waals surface area contributed by atoms with Crippen LogP contribution in [0.5, 0.6) is 0 Å². The Labute approximate surface area is 134 Å². The van der Waals surface area contributed by atoms with Crippen LogP contribution in [-0.4, -0.2) is 16.9 Å². The van der Waals surface area contributed by atoms with E-state index in [9.17, 15) is 14.9 Å².